The van der Waals surface area contributed by atoms with Crippen LogP contribution < -0.4 is 5.32 Å². The van der Waals surface area contributed by atoms with Crippen LogP contribution in [0, 0.1) is 11.8 Å². The summed E-state index contributed by atoms with van der Waals surface area (Å²) in [7, 11) is 0. The Morgan fingerprint density at radius 1 is 1.14 bits per heavy atom. The maximum atomic E-state index is 12.5. The van der Waals surface area contributed by atoms with Crippen molar-refractivity contribution in [3.8, 4) is 0 Å². The van der Waals surface area contributed by atoms with Gasteiger partial charge in [0.1, 0.15) is 18.2 Å². The molecular formula is C22H39NO5. The molecule has 0 aliphatic carbocycles. The molecule has 6 nitrogen and oxygen atoms in total. The van der Waals surface area contributed by atoms with Gasteiger partial charge in [-0.2, -0.15) is 0 Å². The first kappa shape index (κ1) is 24.4. The fourth-order valence-corrected chi connectivity index (χ4v) is 3.65. The second-order valence-corrected chi connectivity index (χ2v) is 8.23. The number of ether oxygens (including phenoxy) is 2. The van der Waals surface area contributed by atoms with Crippen LogP contribution in [0.1, 0.15) is 91.9 Å². The molecule has 0 radical (unpaired) electrons. The topological polar surface area (TPSA) is 81.7 Å². The van der Waals surface area contributed by atoms with Gasteiger partial charge in [0.25, 0.3) is 0 Å². The Kier molecular flexibility index (Phi) is 11.8. The molecule has 1 rings (SSSR count). The van der Waals surface area contributed by atoms with E-state index in [2.05, 4.69) is 19.2 Å². The van der Waals surface area contributed by atoms with Gasteiger partial charge in [-0.25, -0.2) is 4.79 Å². The van der Waals surface area contributed by atoms with Crippen LogP contribution in [0.15, 0.2) is 0 Å². The van der Waals surface area contributed by atoms with Gasteiger partial charge in [-0.05, 0) is 25.2 Å². The number of carbonyl (C=O) groups excluding carboxylic acids is 3. The molecular weight excluding hydrogens is 358 g/mol. The van der Waals surface area contributed by atoms with E-state index in [0.717, 1.165) is 44.9 Å². The van der Waals surface area contributed by atoms with Crippen LogP contribution in [0.3, 0.4) is 0 Å². The molecule has 6 heteroatoms. The van der Waals surface area contributed by atoms with E-state index in [1.807, 2.05) is 13.8 Å². The zero-order chi connectivity index (χ0) is 20.9. The Balaban J connectivity index is 2.63. The van der Waals surface area contributed by atoms with Crippen LogP contribution in [0.5, 0.6) is 0 Å². The molecule has 28 heavy (non-hydrogen) atoms. The first-order valence-corrected chi connectivity index (χ1v) is 11.0. The third kappa shape index (κ3) is 8.19. The molecule has 0 saturated carbocycles. The Morgan fingerprint density at radius 3 is 2.39 bits per heavy atom. The number of carbonyl (C=O) groups is 3. The van der Waals surface area contributed by atoms with Crippen LogP contribution >= 0.6 is 0 Å². The van der Waals surface area contributed by atoms with Crippen LogP contribution in [-0.4, -0.2) is 36.6 Å². The van der Waals surface area contributed by atoms with Crippen molar-refractivity contribution in [2.24, 2.45) is 11.8 Å². The highest BCUT2D eigenvalue weighted by Gasteiger charge is 2.43. The summed E-state index contributed by atoms with van der Waals surface area (Å²) in [6, 6.07) is -0.653. The molecule has 1 aliphatic rings. The highest BCUT2D eigenvalue weighted by molar-refractivity contribution is 5.79. The minimum absolute atomic E-state index is 0.0539. The molecule has 1 saturated heterocycles. The minimum atomic E-state index is -0.653. The molecule has 0 aromatic heterocycles. The Bertz CT molecular complexity index is 480. The molecule has 1 N–H and O–H groups in total. The second-order valence-electron chi connectivity index (χ2n) is 8.23. The lowest BCUT2D eigenvalue weighted by Gasteiger charge is -2.37. The molecule has 0 aromatic carbocycles. The quantitative estimate of drug-likeness (QED) is 0.240. The molecule has 1 amide bonds. The summed E-state index contributed by atoms with van der Waals surface area (Å²) in [5.74, 6) is -0.656. The smallest absolute Gasteiger partial charge is 0.329 e. The summed E-state index contributed by atoms with van der Waals surface area (Å²) in [4.78, 5) is 35.2. The van der Waals surface area contributed by atoms with Gasteiger partial charge in [-0.3, -0.25) is 9.59 Å². The lowest BCUT2D eigenvalue weighted by Crippen LogP contribution is -2.48. The Labute approximate surface area is 170 Å². The maximum absolute atomic E-state index is 12.5. The normalized spacial score (nSPS) is 20.8. The van der Waals surface area contributed by atoms with E-state index in [0.29, 0.717) is 12.8 Å². The largest absolute Gasteiger partial charge is 0.461 e. The number of rotatable bonds is 16. The lowest BCUT2D eigenvalue weighted by molar-refractivity contribution is -0.190. The van der Waals surface area contributed by atoms with E-state index < -0.39 is 12.0 Å². The zero-order valence-corrected chi connectivity index (χ0v) is 18.1. The predicted molar refractivity (Wildman–Crippen MR) is 109 cm³/mol. The summed E-state index contributed by atoms with van der Waals surface area (Å²) < 4.78 is 11.1. The van der Waals surface area contributed by atoms with Gasteiger partial charge in [0, 0.05) is 6.42 Å². The molecule has 1 fully saturated rings. The van der Waals surface area contributed by atoms with Crippen molar-refractivity contribution >= 4 is 18.3 Å². The van der Waals surface area contributed by atoms with Gasteiger partial charge >= 0.3 is 11.9 Å². The van der Waals surface area contributed by atoms with Crippen LogP contribution in [0.2, 0.25) is 0 Å². The van der Waals surface area contributed by atoms with E-state index in [9.17, 15) is 14.4 Å². The van der Waals surface area contributed by atoms with Crippen molar-refractivity contribution in [3.63, 3.8) is 0 Å². The number of hydrogen-bond donors (Lipinski definition) is 1. The lowest BCUT2D eigenvalue weighted by atomic mass is 9.86. The van der Waals surface area contributed by atoms with Gasteiger partial charge in [0.2, 0.25) is 6.41 Å². The first-order valence-electron chi connectivity index (χ1n) is 11.0. The van der Waals surface area contributed by atoms with Crippen molar-refractivity contribution in [1.29, 1.82) is 0 Å². The van der Waals surface area contributed by atoms with E-state index >= 15 is 0 Å². The fourth-order valence-electron chi connectivity index (χ4n) is 3.65. The number of nitrogens with one attached hydrogen (secondary N) is 1. The molecule has 0 bridgehead atoms. The highest BCUT2D eigenvalue weighted by Crippen LogP contribution is 2.32. The summed E-state index contributed by atoms with van der Waals surface area (Å²) in [5, 5.41) is 2.55. The van der Waals surface area contributed by atoms with Crippen molar-refractivity contribution in [2.75, 3.05) is 0 Å². The molecule has 0 unspecified atom stereocenters. The molecule has 4 atom stereocenters. The molecule has 1 heterocycles. The first-order chi connectivity index (χ1) is 13.4. The monoisotopic (exact) mass is 397 g/mol. The van der Waals surface area contributed by atoms with Gasteiger partial charge in [0.05, 0.1) is 5.92 Å². The summed E-state index contributed by atoms with van der Waals surface area (Å²) in [5.41, 5.74) is 0. The van der Waals surface area contributed by atoms with Gasteiger partial charge < -0.3 is 14.8 Å². The Morgan fingerprint density at radius 2 is 1.82 bits per heavy atom. The third-order valence-corrected chi connectivity index (χ3v) is 5.46. The van der Waals surface area contributed by atoms with E-state index in [1.165, 1.54) is 12.8 Å². The second kappa shape index (κ2) is 13.6. The molecule has 0 spiro atoms. The van der Waals surface area contributed by atoms with Crippen molar-refractivity contribution < 1.29 is 23.9 Å². The Hall–Kier alpha value is -1.59. The zero-order valence-electron chi connectivity index (χ0n) is 18.1. The molecule has 162 valence electrons. The minimum Gasteiger partial charge on any atom is -0.461 e. The summed E-state index contributed by atoms with van der Waals surface area (Å²) in [6.45, 7) is 8.03. The number of unbranched alkanes of at least 4 members (excludes halogenated alkanes) is 5. The van der Waals surface area contributed by atoms with Crippen molar-refractivity contribution in [3.05, 3.63) is 0 Å². The average molecular weight is 398 g/mol. The molecule has 0 aromatic rings. The van der Waals surface area contributed by atoms with Crippen molar-refractivity contribution in [1.82, 2.24) is 5.32 Å². The highest BCUT2D eigenvalue weighted by atomic mass is 16.6. The fraction of sp³-hybridized carbons (Fsp3) is 0.864. The van der Waals surface area contributed by atoms with E-state index in [1.54, 1.807) is 0 Å². The number of amides is 1. The predicted octanol–water partition coefficient (Wildman–Crippen LogP) is 4.15. The van der Waals surface area contributed by atoms with Gasteiger partial charge in [-0.1, -0.05) is 66.2 Å². The SMILES string of the molecule is CCCCCC[C@H]1C(=O)O[C@@H]1C[C@H](CCCCC)OC(=O)[C@H](NC=O)C(C)C. The van der Waals surface area contributed by atoms with Crippen molar-refractivity contribution in [2.45, 2.75) is 110 Å². The van der Waals surface area contributed by atoms with Gasteiger partial charge in [-0.15, -0.1) is 0 Å². The maximum Gasteiger partial charge on any atom is 0.329 e. The summed E-state index contributed by atoms with van der Waals surface area (Å²) in [6.07, 6.45) is 9.87. The van der Waals surface area contributed by atoms with E-state index in [-0.39, 0.29) is 30.0 Å². The van der Waals surface area contributed by atoms with Gasteiger partial charge in [0.15, 0.2) is 0 Å². The number of hydrogen-bond acceptors (Lipinski definition) is 5. The van der Waals surface area contributed by atoms with Crippen LogP contribution in [0.25, 0.3) is 0 Å². The third-order valence-electron chi connectivity index (χ3n) is 5.46. The van der Waals surface area contributed by atoms with E-state index in [4.69, 9.17) is 9.47 Å². The number of esters is 2. The standard InChI is InChI=1S/C22H39NO5/c1-5-7-9-11-13-18-19(28-21(18)25)14-17(12-10-8-6-2)27-22(26)20(16(3)4)23-15-24/h15-20H,5-14H2,1-4H3,(H,23,24)/t17-,18+,19+,20+/m0/s1. The van der Waals surface area contributed by atoms with Crippen LogP contribution in [-0.2, 0) is 23.9 Å². The summed E-state index contributed by atoms with van der Waals surface area (Å²) >= 11 is 0. The number of cyclic esters (lactones) is 1. The van der Waals surface area contributed by atoms with Crippen LogP contribution in [0.4, 0.5) is 0 Å². The molecule has 1 aliphatic heterocycles. The average Bonchev–Trinajstić information content (AvgIpc) is 2.65.